The van der Waals surface area contributed by atoms with Gasteiger partial charge in [0, 0.05) is 51.4 Å². The SMILES string of the molecule is CN1CCN[C@@H](c2ccccc2)C1.CN1CCN[C@@H](c2ccccc2)C1. The minimum Gasteiger partial charge on any atom is -0.308 e. The highest BCUT2D eigenvalue weighted by Crippen LogP contribution is 2.16. The van der Waals surface area contributed by atoms with Gasteiger partial charge in [-0.3, -0.25) is 0 Å². The molecule has 140 valence electrons. The van der Waals surface area contributed by atoms with E-state index in [9.17, 15) is 0 Å². The molecule has 4 heteroatoms. The Hall–Kier alpha value is -1.72. The van der Waals surface area contributed by atoms with E-state index in [0.29, 0.717) is 12.1 Å². The fourth-order valence-electron chi connectivity index (χ4n) is 3.61. The second-order valence-electron chi connectivity index (χ2n) is 7.36. The maximum Gasteiger partial charge on any atom is 0.0449 e. The fraction of sp³-hybridized carbons (Fsp3) is 0.455. The monoisotopic (exact) mass is 352 g/mol. The lowest BCUT2D eigenvalue weighted by molar-refractivity contribution is 0.241. The Morgan fingerprint density at radius 1 is 0.654 bits per heavy atom. The van der Waals surface area contributed by atoms with Crippen LogP contribution in [0.3, 0.4) is 0 Å². The molecule has 4 rings (SSSR count). The van der Waals surface area contributed by atoms with Crippen LogP contribution in [0, 0.1) is 0 Å². The Morgan fingerprint density at radius 3 is 1.38 bits per heavy atom. The Balaban J connectivity index is 0.000000151. The first-order valence-corrected chi connectivity index (χ1v) is 9.66. The minimum atomic E-state index is 0.514. The zero-order chi connectivity index (χ0) is 18.2. The quantitative estimate of drug-likeness (QED) is 0.870. The molecule has 4 nitrogen and oxygen atoms in total. The molecule has 2 N–H and O–H groups in total. The second kappa shape index (κ2) is 9.83. The van der Waals surface area contributed by atoms with Crippen LogP contribution in [0.25, 0.3) is 0 Å². The van der Waals surface area contributed by atoms with Crippen molar-refractivity contribution in [2.75, 3.05) is 53.4 Å². The van der Waals surface area contributed by atoms with Crippen LogP contribution in [0.5, 0.6) is 0 Å². The lowest BCUT2D eigenvalue weighted by atomic mass is 10.1. The van der Waals surface area contributed by atoms with E-state index >= 15 is 0 Å². The number of benzene rings is 2. The molecule has 0 unspecified atom stereocenters. The average Bonchev–Trinajstić information content (AvgIpc) is 2.70. The summed E-state index contributed by atoms with van der Waals surface area (Å²) in [6, 6.07) is 22.3. The number of likely N-dealkylation sites (N-methyl/N-ethyl adjacent to an activating group) is 2. The normalized spacial score (nSPS) is 24.5. The summed E-state index contributed by atoms with van der Waals surface area (Å²) >= 11 is 0. The molecular formula is C22H32N4. The Kier molecular flexibility index (Phi) is 7.21. The van der Waals surface area contributed by atoms with Crippen LogP contribution in [-0.4, -0.2) is 63.2 Å². The van der Waals surface area contributed by atoms with Gasteiger partial charge in [0.2, 0.25) is 0 Å². The van der Waals surface area contributed by atoms with Crippen molar-refractivity contribution in [2.45, 2.75) is 12.1 Å². The molecule has 2 heterocycles. The van der Waals surface area contributed by atoms with Crippen LogP contribution in [-0.2, 0) is 0 Å². The summed E-state index contributed by atoms with van der Waals surface area (Å²) in [5, 5.41) is 7.05. The highest BCUT2D eigenvalue weighted by Gasteiger charge is 2.17. The number of rotatable bonds is 2. The molecular weight excluding hydrogens is 320 g/mol. The van der Waals surface area contributed by atoms with Gasteiger partial charge in [-0.2, -0.15) is 0 Å². The van der Waals surface area contributed by atoms with E-state index in [1.807, 2.05) is 0 Å². The van der Waals surface area contributed by atoms with E-state index in [0.717, 1.165) is 39.3 Å². The molecule has 2 saturated heterocycles. The first-order chi connectivity index (χ1) is 12.7. The molecule has 0 saturated carbocycles. The summed E-state index contributed by atoms with van der Waals surface area (Å²) in [7, 11) is 4.35. The van der Waals surface area contributed by atoms with Gasteiger partial charge in [0.1, 0.15) is 0 Å². The third-order valence-electron chi connectivity index (χ3n) is 5.16. The van der Waals surface area contributed by atoms with Crippen molar-refractivity contribution in [3.8, 4) is 0 Å². The van der Waals surface area contributed by atoms with Crippen molar-refractivity contribution in [1.82, 2.24) is 20.4 Å². The zero-order valence-corrected chi connectivity index (χ0v) is 16.1. The van der Waals surface area contributed by atoms with Gasteiger partial charge in [-0.15, -0.1) is 0 Å². The molecule has 0 amide bonds. The Morgan fingerprint density at radius 2 is 1.04 bits per heavy atom. The number of hydrogen-bond donors (Lipinski definition) is 2. The molecule has 0 aromatic heterocycles. The summed E-state index contributed by atoms with van der Waals surface area (Å²) in [4.78, 5) is 4.74. The number of piperazine rings is 2. The van der Waals surface area contributed by atoms with E-state index in [1.165, 1.54) is 11.1 Å². The molecule has 2 aliphatic rings. The third-order valence-corrected chi connectivity index (χ3v) is 5.16. The van der Waals surface area contributed by atoms with Gasteiger partial charge in [0.05, 0.1) is 0 Å². The second-order valence-corrected chi connectivity index (χ2v) is 7.36. The van der Waals surface area contributed by atoms with E-state index in [2.05, 4.69) is 95.2 Å². The van der Waals surface area contributed by atoms with E-state index in [4.69, 9.17) is 0 Å². The van der Waals surface area contributed by atoms with Crippen LogP contribution < -0.4 is 10.6 Å². The maximum atomic E-state index is 3.52. The summed E-state index contributed by atoms with van der Waals surface area (Å²) in [6.45, 7) is 6.73. The van der Waals surface area contributed by atoms with Crippen molar-refractivity contribution >= 4 is 0 Å². The van der Waals surface area contributed by atoms with E-state index < -0.39 is 0 Å². The lowest BCUT2D eigenvalue weighted by Gasteiger charge is -2.31. The van der Waals surface area contributed by atoms with Crippen LogP contribution in [0.1, 0.15) is 23.2 Å². The number of nitrogens with zero attached hydrogens (tertiary/aromatic N) is 2. The minimum absolute atomic E-state index is 0.514. The van der Waals surface area contributed by atoms with E-state index in [1.54, 1.807) is 0 Å². The molecule has 0 radical (unpaired) electrons. The first-order valence-electron chi connectivity index (χ1n) is 9.66. The van der Waals surface area contributed by atoms with Gasteiger partial charge in [-0.1, -0.05) is 60.7 Å². The standard InChI is InChI=1S/2C11H16N2/c2*1-13-8-7-12-11(9-13)10-5-3-2-4-6-10/h2*2-6,11-12H,7-9H2,1H3/t2*11-/m11/s1. The van der Waals surface area contributed by atoms with Gasteiger partial charge >= 0.3 is 0 Å². The van der Waals surface area contributed by atoms with Gasteiger partial charge < -0.3 is 20.4 Å². The summed E-state index contributed by atoms with van der Waals surface area (Å²) in [5.41, 5.74) is 2.79. The van der Waals surface area contributed by atoms with Crippen molar-refractivity contribution in [1.29, 1.82) is 0 Å². The topological polar surface area (TPSA) is 30.5 Å². The van der Waals surface area contributed by atoms with Crippen molar-refractivity contribution < 1.29 is 0 Å². The molecule has 2 aromatic carbocycles. The van der Waals surface area contributed by atoms with Crippen LogP contribution in [0.15, 0.2) is 60.7 Å². The van der Waals surface area contributed by atoms with Crippen molar-refractivity contribution in [2.24, 2.45) is 0 Å². The lowest BCUT2D eigenvalue weighted by Crippen LogP contribution is -2.43. The van der Waals surface area contributed by atoms with Crippen molar-refractivity contribution in [3.05, 3.63) is 71.8 Å². The molecule has 0 aliphatic carbocycles. The third kappa shape index (κ3) is 5.64. The van der Waals surface area contributed by atoms with Crippen molar-refractivity contribution in [3.63, 3.8) is 0 Å². The molecule has 2 aromatic rings. The van der Waals surface area contributed by atoms with E-state index in [-0.39, 0.29) is 0 Å². The first kappa shape index (κ1) is 19.1. The highest BCUT2D eigenvalue weighted by atomic mass is 15.2. The molecule has 26 heavy (non-hydrogen) atoms. The predicted molar refractivity (Wildman–Crippen MR) is 109 cm³/mol. The highest BCUT2D eigenvalue weighted by molar-refractivity contribution is 5.20. The molecule has 2 fully saturated rings. The summed E-state index contributed by atoms with van der Waals surface area (Å²) < 4.78 is 0. The largest absolute Gasteiger partial charge is 0.308 e. The van der Waals surface area contributed by atoms with Crippen LogP contribution in [0.4, 0.5) is 0 Å². The molecule has 0 spiro atoms. The van der Waals surface area contributed by atoms with Gasteiger partial charge in [0.15, 0.2) is 0 Å². The van der Waals surface area contributed by atoms with Gasteiger partial charge in [-0.05, 0) is 25.2 Å². The molecule has 2 aliphatic heterocycles. The summed E-state index contributed by atoms with van der Waals surface area (Å²) in [6.07, 6.45) is 0. The summed E-state index contributed by atoms with van der Waals surface area (Å²) in [5.74, 6) is 0. The van der Waals surface area contributed by atoms with Gasteiger partial charge in [-0.25, -0.2) is 0 Å². The molecule has 0 bridgehead atoms. The van der Waals surface area contributed by atoms with Crippen LogP contribution >= 0.6 is 0 Å². The predicted octanol–water partition coefficient (Wildman–Crippen LogP) is 2.53. The molecule has 2 atom stereocenters. The Bertz CT molecular complexity index is 574. The average molecular weight is 353 g/mol. The number of nitrogens with one attached hydrogen (secondary N) is 2. The number of hydrogen-bond acceptors (Lipinski definition) is 4. The maximum absolute atomic E-state index is 3.52. The van der Waals surface area contributed by atoms with Crippen LogP contribution in [0.2, 0.25) is 0 Å². The fourth-order valence-corrected chi connectivity index (χ4v) is 3.61. The van der Waals surface area contributed by atoms with Gasteiger partial charge in [0.25, 0.3) is 0 Å². The zero-order valence-electron chi connectivity index (χ0n) is 16.1. The Labute approximate surface area is 158 Å². The smallest absolute Gasteiger partial charge is 0.0449 e.